The van der Waals surface area contributed by atoms with Gasteiger partial charge >= 0.3 is 111 Å². The zero-order valence-electron chi connectivity index (χ0n) is 10.8. The molecule has 0 radical (unpaired) electrons. The Morgan fingerprint density at radius 3 is 1.90 bits per heavy atom. The van der Waals surface area contributed by atoms with Crippen LogP contribution in [0.5, 0.6) is 5.75 Å². The normalized spacial score (nSPS) is 10.8. The van der Waals surface area contributed by atoms with E-state index in [1.54, 1.807) is 55.1 Å². The maximum absolute atomic E-state index is 8.90. The maximum atomic E-state index is 8.90. The zero-order valence-corrected chi connectivity index (χ0v) is 11.8. The fourth-order valence-corrected chi connectivity index (χ4v) is 1.79. The Bertz CT molecular complexity index is 737. The third kappa shape index (κ3) is 4.71. The number of nitriles is 1. The van der Waals surface area contributed by atoms with Gasteiger partial charge in [-0.2, -0.15) is 0 Å². The fourth-order valence-electron chi connectivity index (χ4n) is 1.46. The monoisotopic (exact) mass is 321 g/mol. The number of benzene rings is 2. The molecule has 105 valence electrons. The summed E-state index contributed by atoms with van der Waals surface area (Å²) in [6.45, 7) is 0. The van der Waals surface area contributed by atoms with Crippen LogP contribution < -0.4 is 9.23 Å². The molecular weight excluding hydrogens is 311 g/mol. The summed E-state index contributed by atoms with van der Waals surface area (Å²) in [6, 6.07) is 14.1. The van der Waals surface area contributed by atoms with E-state index in [0.29, 0.717) is 5.75 Å². The van der Waals surface area contributed by atoms with Gasteiger partial charge in [-0.25, -0.2) is 0 Å². The van der Waals surface area contributed by atoms with Crippen molar-refractivity contribution >= 4 is 28.3 Å². The van der Waals surface area contributed by atoms with E-state index in [4.69, 9.17) is 9.50 Å². The average molecular weight is 321 g/mol. The minimum absolute atomic E-state index is 0.278. The van der Waals surface area contributed by atoms with E-state index >= 15 is 0 Å². The summed E-state index contributed by atoms with van der Waals surface area (Å²) in [5.74, 6) is 0.480. The predicted octanol–water partition coefficient (Wildman–Crippen LogP) is 2.84. The first kappa shape index (κ1) is 14.7. The molecule has 5 nitrogen and oxygen atoms in total. The fraction of sp³-hybridized carbons (Fsp3) is 0. The van der Waals surface area contributed by atoms with Gasteiger partial charge in [-0.05, 0) is 0 Å². The van der Waals surface area contributed by atoms with Crippen LogP contribution >= 0.6 is 0 Å². The van der Waals surface area contributed by atoms with Gasteiger partial charge in [0.2, 0.25) is 0 Å². The summed E-state index contributed by atoms with van der Waals surface area (Å²) in [5.41, 5.74) is 1.52. The van der Waals surface area contributed by atoms with Gasteiger partial charge in [-0.15, -0.1) is 5.26 Å². The molecule has 0 amide bonds. The van der Waals surface area contributed by atoms with Crippen LogP contribution in [0.4, 0.5) is 11.4 Å². The molecule has 0 saturated heterocycles. The SMILES string of the molecule is N#COc1ccc(N=CC=Nc2cc[c]([Co]#[N])cc2)cc1. The summed E-state index contributed by atoms with van der Waals surface area (Å²) in [6.07, 6.45) is 4.78. The summed E-state index contributed by atoms with van der Waals surface area (Å²) in [4.78, 5) is 8.42. The van der Waals surface area contributed by atoms with Crippen molar-refractivity contribution in [3.8, 4) is 12.0 Å². The molecule has 6 heteroatoms. The van der Waals surface area contributed by atoms with Gasteiger partial charge in [0.1, 0.15) is 0 Å². The van der Waals surface area contributed by atoms with E-state index in [9.17, 15) is 0 Å². The molecule has 2 aromatic carbocycles. The average Bonchev–Trinajstić information content (AvgIpc) is 2.54. The summed E-state index contributed by atoms with van der Waals surface area (Å²) in [7, 11) is 0. The molecule has 0 aliphatic carbocycles. The Kier molecular flexibility index (Phi) is 5.44. The molecule has 21 heavy (non-hydrogen) atoms. The topological polar surface area (TPSA) is 81.5 Å². The molecule has 2 aromatic rings. The second-order valence-electron chi connectivity index (χ2n) is 3.77. The van der Waals surface area contributed by atoms with Crippen LogP contribution in [0.2, 0.25) is 0 Å². The second kappa shape index (κ2) is 7.77. The van der Waals surface area contributed by atoms with Gasteiger partial charge in [-0.3, -0.25) is 0 Å². The van der Waals surface area contributed by atoms with Crippen LogP contribution in [0.25, 0.3) is 0 Å². The van der Waals surface area contributed by atoms with Crippen molar-refractivity contribution in [1.82, 2.24) is 0 Å². The third-order valence-electron chi connectivity index (χ3n) is 2.41. The Labute approximate surface area is 127 Å². The van der Waals surface area contributed by atoms with Crippen molar-refractivity contribution in [2.75, 3.05) is 0 Å². The molecule has 0 aromatic heterocycles. The van der Waals surface area contributed by atoms with Gasteiger partial charge in [0.05, 0.1) is 0 Å². The number of ether oxygens (including phenoxy) is 1. The van der Waals surface area contributed by atoms with E-state index in [2.05, 4.69) is 14.7 Å². The first-order chi connectivity index (χ1) is 10.3. The van der Waals surface area contributed by atoms with Crippen LogP contribution in [0, 0.1) is 15.8 Å². The summed E-state index contributed by atoms with van der Waals surface area (Å²) >= 11 is 0.278. The van der Waals surface area contributed by atoms with Crippen LogP contribution in [-0.4, -0.2) is 12.4 Å². The minimum atomic E-state index is 0.278. The number of rotatable bonds is 4. The van der Waals surface area contributed by atoms with Gasteiger partial charge in [0.15, 0.2) is 0 Å². The predicted molar refractivity (Wildman–Crippen MR) is 76.8 cm³/mol. The number of nitrogens with zero attached hydrogens (tertiary/aromatic N) is 4. The molecule has 0 heterocycles. The molecule has 0 aliphatic rings. The molecule has 0 saturated carbocycles. The molecule has 0 spiro atoms. The Hall–Kier alpha value is -2.71. The van der Waals surface area contributed by atoms with Gasteiger partial charge in [0, 0.05) is 0 Å². The van der Waals surface area contributed by atoms with Crippen LogP contribution in [-0.2, 0) is 14.3 Å². The Morgan fingerprint density at radius 2 is 1.43 bits per heavy atom. The van der Waals surface area contributed by atoms with Gasteiger partial charge in [-0.1, -0.05) is 0 Å². The first-order valence-corrected chi connectivity index (χ1v) is 6.87. The summed E-state index contributed by atoms with van der Waals surface area (Å²) in [5, 5.41) is 8.37. The Balaban J connectivity index is 1.96. The molecule has 0 N–H and O–H groups in total. The summed E-state index contributed by atoms with van der Waals surface area (Å²) < 4.78 is 14.4. The van der Waals surface area contributed by atoms with E-state index in [0.717, 1.165) is 15.9 Å². The molecule has 0 bridgehead atoms. The van der Waals surface area contributed by atoms with E-state index in [1.807, 2.05) is 12.1 Å². The number of hydrogen-bond acceptors (Lipinski definition) is 5. The molecular formula is C15H10CoN4O. The van der Waals surface area contributed by atoms with Crippen LogP contribution in [0.1, 0.15) is 0 Å². The van der Waals surface area contributed by atoms with Crippen molar-refractivity contribution < 1.29 is 19.1 Å². The van der Waals surface area contributed by atoms with E-state index < -0.39 is 0 Å². The van der Waals surface area contributed by atoms with Crippen molar-refractivity contribution in [1.29, 1.82) is 9.50 Å². The van der Waals surface area contributed by atoms with Crippen molar-refractivity contribution in [3.63, 3.8) is 0 Å². The number of aliphatic imine (C=N–C) groups is 2. The third-order valence-corrected chi connectivity index (χ3v) is 3.03. The second-order valence-corrected chi connectivity index (χ2v) is 4.60. The van der Waals surface area contributed by atoms with Crippen LogP contribution in [0.15, 0.2) is 58.5 Å². The molecule has 2 rings (SSSR count). The molecule has 0 aliphatic heterocycles. The molecule has 0 atom stereocenters. The zero-order chi connectivity index (χ0) is 14.9. The van der Waals surface area contributed by atoms with E-state index in [-0.39, 0.29) is 14.3 Å². The van der Waals surface area contributed by atoms with Gasteiger partial charge in [0.25, 0.3) is 6.26 Å². The molecule has 0 unspecified atom stereocenters. The molecule has 0 fully saturated rings. The van der Waals surface area contributed by atoms with E-state index in [1.165, 1.54) is 0 Å². The van der Waals surface area contributed by atoms with Crippen molar-refractivity contribution in [3.05, 3.63) is 48.5 Å². The standard InChI is InChI=1S/C15H10N3O.Co.N/c16-12-19-15-8-6-14(7-9-15)18-11-10-17-13-4-2-1-3-5-13;;/h2-11H;;. The number of hydrogen-bond donors (Lipinski definition) is 0. The quantitative estimate of drug-likeness (QED) is 0.641. The van der Waals surface area contributed by atoms with Gasteiger partial charge < -0.3 is 4.74 Å². The van der Waals surface area contributed by atoms with Crippen LogP contribution in [0.3, 0.4) is 0 Å². The Morgan fingerprint density at radius 1 is 0.905 bits per heavy atom. The first-order valence-electron chi connectivity index (χ1n) is 5.89. The van der Waals surface area contributed by atoms with Crippen molar-refractivity contribution in [2.45, 2.75) is 0 Å². The van der Waals surface area contributed by atoms with Crippen molar-refractivity contribution in [2.24, 2.45) is 9.98 Å².